The number of aromatic nitrogens is 5. The van der Waals surface area contributed by atoms with Crippen LogP contribution in [0, 0.1) is 0 Å². The summed E-state index contributed by atoms with van der Waals surface area (Å²) < 4.78 is 2.95. The zero-order valence-electron chi connectivity index (χ0n) is 10.6. The Kier molecular flexibility index (Phi) is 3.79. The van der Waals surface area contributed by atoms with Gasteiger partial charge in [-0.1, -0.05) is 0 Å². The van der Waals surface area contributed by atoms with Gasteiger partial charge in [0, 0.05) is 30.7 Å². The number of halogens is 1. The summed E-state index contributed by atoms with van der Waals surface area (Å²) >= 11 is 7.32. The van der Waals surface area contributed by atoms with Gasteiger partial charge in [-0.2, -0.15) is 0 Å². The van der Waals surface area contributed by atoms with Crippen LogP contribution in [0.2, 0.25) is 0 Å². The number of thiazole rings is 1. The molecule has 6 nitrogen and oxygen atoms in total. The molecule has 0 bridgehead atoms. The van der Waals surface area contributed by atoms with Crippen LogP contribution in [0.4, 0.5) is 0 Å². The van der Waals surface area contributed by atoms with Crippen LogP contribution >= 0.6 is 22.9 Å². The van der Waals surface area contributed by atoms with E-state index in [2.05, 4.69) is 15.1 Å². The van der Waals surface area contributed by atoms with Crippen molar-refractivity contribution in [1.29, 1.82) is 0 Å². The lowest BCUT2D eigenvalue weighted by molar-refractivity contribution is 0.560. The Labute approximate surface area is 123 Å². The molecule has 0 aliphatic heterocycles. The lowest BCUT2D eigenvalue weighted by Crippen LogP contribution is -2.21. The van der Waals surface area contributed by atoms with E-state index in [1.54, 1.807) is 29.9 Å². The van der Waals surface area contributed by atoms with Crippen molar-refractivity contribution >= 4 is 28.6 Å². The Balaban J connectivity index is 1.68. The first-order valence-electron chi connectivity index (χ1n) is 6.16. The smallest absolute Gasteiger partial charge is 0.259 e. The van der Waals surface area contributed by atoms with Crippen molar-refractivity contribution in [3.63, 3.8) is 0 Å². The van der Waals surface area contributed by atoms with Gasteiger partial charge in [0.1, 0.15) is 0 Å². The normalized spacial score (nSPS) is 11.2. The summed E-state index contributed by atoms with van der Waals surface area (Å²) in [4.78, 5) is 20.4. The van der Waals surface area contributed by atoms with Crippen molar-refractivity contribution in [1.82, 2.24) is 24.1 Å². The molecule has 0 aromatic carbocycles. The molecular weight excluding hydrogens is 298 g/mol. The number of rotatable bonds is 5. The van der Waals surface area contributed by atoms with Crippen LogP contribution in [-0.4, -0.2) is 24.1 Å². The van der Waals surface area contributed by atoms with Crippen LogP contribution in [-0.2, 0) is 18.8 Å². The Morgan fingerprint density at radius 3 is 3.05 bits per heavy atom. The summed E-state index contributed by atoms with van der Waals surface area (Å²) in [5, 5.41) is 7.24. The molecule has 3 heterocycles. The third kappa shape index (κ3) is 2.59. The Morgan fingerprint density at radius 1 is 1.40 bits per heavy atom. The third-order valence-electron chi connectivity index (χ3n) is 2.89. The molecule has 3 aromatic heterocycles. The topological polar surface area (TPSA) is 65.1 Å². The summed E-state index contributed by atoms with van der Waals surface area (Å²) in [6, 6.07) is 0. The van der Waals surface area contributed by atoms with Crippen LogP contribution in [0.5, 0.6) is 0 Å². The lowest BCUT2D eigenvalue weighted by atomic mass is 10.3. The molecule has 0 radical (unpaired) electrons. The van der Waals surface area contributed by atoms with Gasteiger partial charge in [0.15, 0.2) is 5.65 Å². The second-order valence-electron chi connectivity index (χ2n) is 4.28. The van der Waals surface area contributed by atoms with Gasteiger partial charge in [0.25, 0.3) is 0 Å². The first-order chi connectivity index (χ1) is 9.78. The number of nitrogens with zero attached hydrogens (tertiary/aromatic N) is 5. The summed E-state index contributed by atoms with van der Waals surface area (Å²) in [6.45, 7) is 0.566. The van der Waals surface area contributed by atoms with Crippen LogP contribution in [0.1, 0.15) is 17.1 Å². The number of alkyl halides is 1. The molecule has 0 spiro atoms. The van der Waals surface area contributed by atoms with Gasteiger partial charge in [-0.05, 0) is 6.42 Å². The van der Waals surface area contributed by atoms with Gasteiger partial charge in [-0.25, -0.2) is 18.9 Å². The number of hydrogen-bond donors (Lipinski definition) is 0. The molecule has 0 amide bonds. The SMILES string of the molecule is O=c1n(CCCc2nc(CCl)cs2)nc2cnccn12. The Morgan fingerprint density at radius 2 is 2.30 bits per heavy atom. The van der Waals surface area contributed by atoms with E-state index in [9.17, 15) is 4.79 Å². The maximum Gasteiger partial charge on any atom is 0.350 e. The zero-order chi connectivity index (χ0) is 13.9. The minimum absolute atomic E-state index is 0.136. The largest absolute Gasteiger partial charge is 0.350 e. The average molecular weight is 310 g/mol. The van der Waals surface area contributed by atoms with Crippen molar-refractivity contribution in [2.45, 2.75) is 25.3 Å². The first kappa shape index (κ1) is 13.3. The molecule has 0 N–H and O–H groups in total. The van der Waals surface area contributed by atoms with Gasteiger partial charge >= 0.3 is 5.69 Å². The monoisotopic (exact) mass is 309 g/mol. The fraction of sp³-hybridized carbons (Fsp3) is 0.333. The maximum absolute atomic E-state index is 12.0. The highest BCUT2D eigenvalue weighted by molar-refractivity contribution is 7.09. The van der Waals surface area contributed by atoms with Crippen molar-refractivity contribution < 1.29 is 0 Å². The molecule has 0 fully saturated rings. The number of hydrogen-bond acceptors (Lipinski definition) is 5. The molecule has 3 aromatic rings. The van der Waals surface area contributed by atoms with Crippen LogP contribution in [0.15, 0.2) is 28.8 Å². The van der Waals surface area contributed by atoms with E-state index in [-0.39, 0.29) is 5.69 Å². The second kappa shape index (κ2) is 5.72. The number of fused-ring (bicyclic) bond motifs is 1. The van der Waals surface area contributed by atoms with Crippen molar-refractivity contribution in [3.05, 3.63) is 45.2 Å². The van der Waals surface area contributed by atoms with E-state index in [0.717, 1.165) is 23.5 Å². The molecular formula is C12H12ClN5OS. The summed E-state index contributed by atoms with van der Waals surface area (Å²) in [5.41, 5.74) is 1.33. The minimum atomic E-state index is -0.136. The molecule has 104 valence electrons. The predicted octanol–water partition coefficient (Wildman–Crippen LogP) is 1.72. The molecule has 0 unspecified atom stereocenters. The molecule has 0 aliphatic carbocycles. The third-order valence-corrected chi connectivity index (χ3v) is 4.12. The van der Waals surface area contributed by atoms with E-state index in [0.29, 0.717) is 18.1 Å². The van der Waals surface area contributed by atoms with E-state index < -0.39 is 0 Å². The van der Waals surface area contributed by atoms with E-state index in [1.165, 1.54) is 9.08 Å². The molecule has 0 atom stereocenters. The minimum Gasteiger partial charge on any atom is -0.259 e. The molecule has 8 heteroatoms. The van der Waals surface area contributed by atoms with Crippen molar-refractivity contribution in [2.75, 3.05) is 0 Å². The highest BCUT2D eigenvalue weighted by atomic mass is 35.5. The van der Waals surface area contributed by atoms with Gasteiger partial charge < -0.3 is 0 Å². The summed E-state index contributed by atoms with van der Waals surface area (Å²) in [7, 11) is 0. The number of aryl methyl sites for hydroxylation is 2. The summed E-state index contributed by atoms with van der Waals surface area (Å²) in [5.74, 6) is 0.440. The van der Waals surface area contributed by atoms with Crippen molar-refractivity contribution in [3.8, 4) is 0 Å². The fourth-order valence-electron chi connectivity index (χ4n) is 1.93. The van der Waals surface area contributed by atoms with Crippen LogP contribution in [0.3, 0.4) is 0 Å². The second-order valence-corrected chi connectivity index (χ2v) is 5.49. The first-order valence-corrected chi connectivity index (χ1v) is 7.58. The molecule has 20 heavy (non-hydrogen) atoms. The molecule has 0 aliphatic rings. The Hall–Kier alpha value is -1.73. The van der Waals surface area contributed by atoms with Gasteiger partial charge in [0.2, 0.25) is 0 Å². The van der Waals surface area contributed by atoms with Gasteiger partial charge in [-0.3, -0.25) is 4.98 Å². The van der Waals surface area contributed by atoms with Crippen molar-refractivity contribution in [2.24, 2.45) is 0 Å². The zero-order valence-corrected chi connectivity index (χ0v) is 12.1. The van der Waals surface area contributed by atoms with E-state index >= 15 is 0 Å². The fourth-order valence-corrected chi connectivity index (χ4v) is 3.00. The summed E-state index contributed by atoms with van der Waals surface area (Å²) in [6.07, 6.45) is 6.40. The van der Waals surface area contributed by atoms with Crippen LogP contribution < -0.4 is 5.69 Å². The van der Waals surface area contributed by atoms with Gasteiger partial charge in [0.05, 0.1) is 22.8 Å². The van der Waals surface area contributed by atoms with Gasteiger partial charge in [-0.15, -0.1) is 28.0 Å². The molecule has 3 rings (SSSR count). The van der Waals surface area contributed by atoms with Crippen LogP contribution in [0.25, 0.3) is 5.65 Å². The quantitative estimate of drug-likeness (QED) is 0.673. The predicted molar refractivity (Wildman–Crippen MR) is 77.2 cm³/mol. The maximum atomic E-state index is 12.0. The molecule has 0 saturated heterocycles. The highest BCUT2D eigenvalue weighted by Crippen LogP contribution is 2.13. The standard InChI is InChI=1S/C12H12ClN5OS/c13-6-9-8-20-11(15-9)2-1-4-18-12(19)17-5-3-14-7-10(17)16-18/h3,5,7-8H,1-2,4,6H2. The Bertz CT molecular complexity index is 777. The van der Waals surface area contributed by atoms with E-state index in [4.69, 9.17) is 11.6 Å². The highest BCUT2D eigenvalue weighted by Gasteiger charge is 2.07. The lowest BCUT2D eigenvalue weighted by Gasteiger charge is -1.97. The average Bonchev–Trinajstić information content (AvgIpc) is 3.05. The molecule has 0 saturated carbocycles. The van der Waals surface area contributed by atoms with E-state index in [1.807, 2.05) is 5.38 Å².